The second kappa shape index (κ2) is 8.49. The first kappa shape index (κ1) is 22.8. The minimum Gasteiger partial charge on any atom is -0.322 e. The Morgan fingerprint density at radius 1 is 0.914 bits per heavy atom. The van der Waals surface area contributed by atoms with E-state index in [1.165, 1.54) is 66.8 Å². The molecule has 1 N–H and O–H groups in total. The van der Waals surface area contributed by atoms with E-state index in [9.17, 15) is 13.2 Å². The molecule has 4 fully saturated rings. The number of nitrogens with zero attached hydrogens (tertiary/aromatic N) is 1. The summed E-state index contributed by atoms with van der Waals surface area (Å²) in [5, 5.41) is 4.73. The maximum atomic E-state index is 12.8. The highest BCUT2D eigenvalue weighted by molar-refractivity contribution is 7.94. The molecule has 1 heterocycles. The van der Waals surface area contributed by atoms with Crippen molar-refractivity contribution in [3.63, 3.8) is 0 Å². The minimum atomic E-state index is -3.60. The lowest BCUT2D eigenvalue weighted by Gasteiger charge is -2.57. The standard InChI is InChI=1S/C28H30N2O3S2/c1-30(35(32,33)26-3-2-12-34-26)25-10-4-22(5-11-25)27(31)29-24-8-6-23(7-9-24)28-16-19-13-20(17-28)15-21(14-19)18-28/h2-12,19-21H,13-18H2,1H3,(H,29,31). The number of nitrogens with one attached hydrogen (secondary N) is 1. The number of hydrogen-bond donors (Lipinski definition) is 1. The average molecular weight is 507 g/mol. The van der Waals surface area contributed by atoms with Crippen LogP contribution in [0.3, 0.4) is 0 Å². The molecule has 4 aliphatic rings. The SMILES string of the molecule is CN(c1ccc(C(=O)Nc2ccc(C34CC5CC(CC(C5)C3)C4)cc2)cc1)S(=O)(=O)c1cccs1. The monoisotopic (exact) mass is 506 g/mol. The van der Waals surface area contributed by atoms with Crippen LogP contribution in [-0.4, -0.2) is 21.4 Å². The van der Waals surface area contributed by atoms with Crippen molar-refractivity contribution >= 4 is 38.6 Å². The summed E-state index contributed by atoms with van der Waals surface area (Å²) in [6, 6.07) is 18.5. The topological polar surface area (TPSA) is 66.5 Å². The lowest BCUT2D eigenvalue weighted by Crippen LogP contribution is -2.48. The number of carbonyl (C=O) groups is 1. The number of carbonyl (C=O) groups excluding carboxylic acids is 1. The Morgan fingerprint density at radius 2 is 1.51 bits per heavy atom. The van der Waals surface area contributed by atoms with Gasteiger partial charge in [-0.25, -0.2) is 8.42 Å². The van der Waals surface area contributed by atoms with Crippen molar-refractivity contribution in [2.24, 2.45) is 17.8 Å². The highest BCUT2D eigenvalue weighted by atomic mass is 32.2. The van der Waals surface area contributed by atoms with Gasteiger partial charge in [-0.05, 0) is 115 Å². The summed E-state index contributed by atoms with van der Waals surface area (Å²) in [6.45, 7) is 0. The van der Waals surface area contributed by atoms with E-state index in [-0.39, 0.29) is 5.91 Å². The van der Waals surface area contributed by atoms with E-state index in [0.29, 0.717) is 20.9 Å². The average Bonchev–Trinajstić information content (AvgIpc) is 3.39. The van der Waals surface area contributed by atoms with E-state index < -0.39 is 10.0 Å². The van der Waals surface area contributed by atoms with E-state index in [0.717, 1.165) is 23.4 Å². The van der Waals surface area contributed by atoms with Crippen LogP contribution in [0.15, 0.2) is 70.3 Å². The number of sulfonamides is 1. The molecule has 3 aromatic rings. The molecule has 0 spiro atoms. The van der Waals surface area contributed by atoms with Gasteiger partial charge in [0.15, 0.2) is 0 Å². The van der Waals surface area contributed by atoms with Crippen LogP contribution in [0.5, 0.6) is 0 Å². The quantitative estimate of drug-likeness (QED) is 0.427. The molecule has 0 unspecified atom stereocenters. The third kappa shape index (κ3) is 4.08. The zero-order valence-corrected chi connectivity index (χ0v) is 21.4. The molecular weight excluding hydrogens is 476 g/mol. The van der Waals surface area contributed by atoms with Gasteiger partial charge in [0.25, 0.3) is 15.9 Å². The Bertz CT molecular complexity index is 1290. The third-order valence-corrected chi connectivity index (χ3v) is 11.6. The Morgan fingerprint density at radius 3 is 2.06 bits per heavy atom. The highest BCUT2D eigenvalue weighted by Crippen LogP contribution is 2.60. The van der Waals surface area contributed by atoms with Crippen molar-refractivity contribution in [3.8, 4) is 0 Å². The summed E-state index contributed by atoms with van der Waals surface area (Å²) in [4.78, 5) is 12.8. The number of amides is 1. The Kier molecular flexibility index (Phi) is 5.53. The Hall–Kier alpha value is -2.64. The van der Waals surface area contributed by atoms with Crippen LogP contribution in [0, 0.1) is 17.8 Å². The van der Waals surface area contributed by atoms with E-state index in [4.69, 9.17) is 0 Å². The number of rotatable bonds is 6. The molecule has 4 bridgehead atoms. The van der Waals surface area contributed by atoms with Crippen LogP contribution in [0.2, 0.25) is 0 Å². The van der Waals surface area contributed by atoms with Crippen LogP contribution in [0.4, 0.5) is 11.4 Å². The summed E-state index contributed by atoms with van der Waals surface area (Å²) >= 11 is 1.18. The van der Waals surface area contributed by atoms with Gasteiger partial charge in [-0.3, -0.25) is 9.10 Å². The second-order valence-corrected chi connectivity index (χ2v) is 13.8. The summed E-state index contributed by atoms with van der Waals surface area (Å²) in [6.07, 6.45) is 8.28. The van der Waals surface area contributed by atoms with Gasteiger partial charge >= 0.3 is 0 Å². The molecule has 4 saturated carbocycles. The number of benzene rings is 2. The zero-order valence-electron chi connectivity index (χ0n) is 19.8. The van der Waals surface area contributed by atoms with Gasteiger partial charge in [-0.2, -0.15) is 0 Å². The third-order valence-electron chi connectivity index (χ3n) is 8.40. The van der Waals surface area contributed by atoms with Crippen molar-refractivity contribution in [2.75, 3.05) is 16.7 Å². The summed E-state index contributed by atoms with van der Waals surface area (Å²) in [7, 11) is -2.08. The van der Waals surface area contributed by atoms with Crippen molar-refractivity contribution < 1.29 is 13.2 Å². The molecule has 7 heteroatoms. The fraction of sp³-hybridized carbons (Fsp3) is 0.393. The Labute approximate surface area is 211 Å². The number of hydrogen-bond acceptors (Lipinski definition) is 4. The van der Waals surface area contributed by atoms with Crippen LogP contribution in [-0.2, 0) is 15.4 Å². The van der Waals surface area contributed by atoms with Crippen LogP contribution < -0.4 is 9.62 Å². The molecule has 0 atom stereocenters. The van der Waals surface area contributed by atoms with E-state index in [1.54, 1.807) is 41.8 Å². The molecule has 4 aliphatic carbocycles. The molecular formula is C28H30N2O3S2. The van der Waals surface area contributed by atoms with Gasteiger partial charge in [0.2, 0.25) is 0 Å². The normalized spacial score (nSPS) is 27.1. The molecule has 0 radical (unpaired) electrons. The molecule has 2 aromatic carbocycles. The van der Waals surface area contributed by atoms with Crippen LogP contribution in [0.25, 0.3) is 0 Å². The molecule has 35 heavy (non-hydrogen) atoms. The molecule has 7 rings (SSSR count). The van der Waals surface area contributed by atoms with Gasteiger partial charge in [-0.15, -0.1) is 11.3 Å². The maximum absolute atomic E-state index is 12.8. The Balaban J connectivity index is 1.13. The zero-order chi connectivity index (χ0) is 24.2. The first-order valence-corrected chi connectivity index (χ1v) is 14.7. The van der Waals surface area contributed by atoms with Crippen molar-refractivity contribution in [2.45, 2.75) is 48.1 Å². The predicted octanol–water partition coefficient (Wildman–Crippen LogP) is 6.29. The van der Waals surface area contributed by atoms with Crippen LogP contribution in [0.1, 0.15) is 54.4 Å². The molecule has 1 amide bonds. The molecule has 1 aromatic heterocycles. The maximum Gasteiger partial charge on any atom is 0.273 e. The van der Waals surface area contributed by atoms with Gasteiger partial charge in [0.05, 0.1) is 5.69 Å². The largest absolute Gasteiger partial charge is 0.322 e. The first-order chi connectivity index (χ1) is 16.8. The van der Waals surface area contributed by atoms with Crippen molar-refractivity contribution in [1.82, 2.24) is 0 Å². The lowest BCUT2D eigenvalue weighted by atomic mass is 9.48. The molecule has 0 saturated heterocycles. The van der Waals surface area contributed by atoms with Crippen molar-refractivity contribution in [3.05, 3.63) is 77.2 Å². The molecule has 0 aliphatic heterocycles. The van der Waals surface area contributed by atoms with Gasteiger partial charge in [-0.1, -0.05) is 18.2 Å². The van der Waals surface area contributed by atoms with Gasteiger partial charge in [0, 0.05) is 18.3 Å². The fourth-order valence-corrected chi connectivity index (χ4v) is 9.44. The summed E-state index contributed by atoms with van der Waals surface area (Å²) in [5.41, 5.74) is 3.57. The summed E-state index contributed by atoms with van der Waals surface area (Å²) in [5.74, 6) is 2.51. The smallest absolute Gasteiger partial charge is 0.273 e. The van der Waals surface area contributed by atoms with Crippen molar-refractivity contribution in [1.29, 1.82) is 0 Å². The second-order valence-electron chi connectivity index (χ2n) is 10.7. The fourth-order valence-electron chi connectivity index (χ4n) is 7.08. The highest BCUT2D eigenvalue weighted by Gasteiger charge is 2.51. The summed E-state index contributed by atoms with van der Waals surface area (Å²) < 4.78 is 27.0. The first-order valence-electron chi connectivity index (χ1n) is 12.4. The van der Waals surface area contributed by atoms with Crippen LogP contribution >= 0.6 is 11.3 Å². The van der Waals surface area contributed by atoms with Gasteiger partial charge < -0.3 is 5.32 Å². The lowest BCUT2D eigenvalue weighted by molar-refractivity contribution is -0.00518. The number of anilines is 2. The van der Waals surface area contributed by atoms with E-state index in [1.807, 2.05) is 12.1 Å². The van der Waals surface area contributed by atoms with E-state index >= 15 is 0 Å². The number of thiophene rings is 1. The minimum absolute atomic E-state index is 0.206. The predicted molar refractivity (Wildman–Crippen MR) is 141 cm³/mol. The molecule has 5 nitrogen and oxygen atoms in total. The molecule has 182 valence electrons. The van der Waals surface area contributed by atoms with E-state index in [2.05, 4.69) is 17.4 Å². The van der Waals surface area contributed by atoms with Gasteiger partial charge in [0.1, 0.15) is 4.21 Å².